The van der Waals surface area contributed by atoms with Crippen LogP contribution >= 0.6 is 0 Å². The van der Waals surface area contributed by atoms with Crippen molar-refractivity contribution in [3.05, 3.63) is 24.0 Å². The smallest absolute Gasteiger partial charge is 0.337 e. The second-order valence-corrected chi connectivity index (χ2v) is 3.68. The summed E-state index contributed by atoms with van der Waals surface area (Å²) in [5, 5.41) is 11.2. The van der Waals surface area contributed by atoms with Gasteiger partial charge in [-0.25, -0.2) is 9.59 Å². The van der Waals surface area contributed by atoms with E-state index in [1.807, 2.05) is 0 Å². The minimum Gasteiger partial charge on any atom is -0.478 e. The second-order valence-electron chi connectivity index (χ2n) is 3.68. The highest BCUT2D eigenvalue weighted by atomic mass is 16.4. The lowest BCUT2D eigenvalue weighted by molar-refractivity contribution is -0.118. The molecular formula is C11H14N4O4. The number of carbonyl (C=O) groups excluding carboxylic acids is 2. The zero-order valence-electron chi connectivity index (χ0n) is 10.3. The van der Waals surface area contributed by atoms with Gasteiger partial charge in [0.05, 0.1) is 17.4 Å². The van der Waals surface area contributed by atoms with Crippen molar-refractivity contribution in [2.24, 2.45) is 5.73 Å². The number of nitrogens with two attached hydrogens (primary N) is 1. The van der Waals surface area contributed by atoms with Crippen LogP contribution in [0.15, 0.2) is 18.5 Å². The summed E-state index contributed by atoms with van der Waals surface area (Å²) < 4.78 is 0. The summed E-state index contributed by atoms with van der Waals surface area (Å²) in [6.07, 6.45) is 2.47. The average molecular weight is 266 g/mol. The SMILES string of the molecule is CCN(CC(N)=O)C(=O)Nc1cncc(C(=O)O)c1. The van der Waals surface area contributed by atoms with Crippen LogP contribution in [0.25, 0.3) is 0 Å². The number of amides is 3. The lowest BCUT2D eigenvalue weighted by atomic mass is 10.2. The molecule has 0 fully saturated rings. The molecule has 0 unspecified atom stereocenters. The molecule has 102 valence electrons. The van der Waals surface area contributed by atoms with Crippen molar-refractivity contribution < 1.29 is 19.5 Å². The highest BCUT2D eigenvalue weighted by molar-refractivity contribution is 5.94. The Morgan fingerprint density at radius 3 is 2.63 bits per heavy atom. The first-order valence-electron chi connectivity index (χ1n) is 5.46. The van der Waals surface area contributed by atoms with E-state index in [1.165, 1.54) is 23.4 Å². The molecule has 0 aliphatic rings. The van der Waals surface area contributed by atoms with E-state index in [-0.39, 0.29) is 17.8 Å². The molecule has 3 amide bonds. The summed E-state index contributed by atoms with van der Waals surface area (Å²) in [4.78, 5) is 38.2. The fourth-order valence-electron chi connectivity index (χ4n) is 1.34. The number of hydrogen-bond acceptors (Lipinski definition) is 4. The number of carboxylic acid groups (broad SMARTS) is 1. The topological polar surface area (TPSA) is 126 Å². The molecule has 0 aliphatic heterocycles. The Kier molecular flexibility index (Phi) is 4.81. The zero-order chi connectivity index (χ0) is 14.4. The van der Waals surface area contributed by atoms with Crippen LogP contribution in [0.4, 0.5) is 10.5 Å². The molecule has 0 atom stereocenters. The number of rotatable bonds is 5. The Labute approximate surface area is 109 Å². The van der Waals surface area contributed by atoms with Gasteiger partial charge in [-0.2, -0.15) is 0 Å². The van der Waals surface area contributed by atoms with Crippen molar-refractivity contribution in [2.75, 3.05) is 18.4 Å². The first-order chi connectivity index (χ1) is 8.93. The van der Waals surface area contributed by atoms with Gasteiger partial charge in [0, 0.05) is 12.7 Å². The Bertz CT molecular complexity index is 503. The molecule has 0 saturated heterocycles. The number of aromatic nitrogens is 1. The van der Waals surface area contributed by atoms with Crippen LogP contribution in [-0.2, 0) is 4.79 Å². The molecule has 1 aromatic rings. The molecule has 0 aromatic carbocycles. The van der Waals surface area contributed by atoms with Crippen molar-refractivity contribution in [2.45, 2.75) is 6.92 Å². The molecule has 0 spiro atoms. The molecule has 0 bridgehead atoms. The Hall–Kier alpha value is -2.64. The van der Waals surface area contributed by atoms with E-state index in [9.17, 15) is 14.4 Å². The molecule has 1 rings (SSSR count). The van der Waals surface area contributed by atoms with Crippen molar-refractivity contribution in [3.63, 3.8) is 0 Å². The quantitative estimate of drug-likeness (QED) is 0.697. The van der Waals surface area contributed by atoms with Crippen molar-refractivity contribution in [1.82, 2.24) is 9.88 Å². The standard InChI is InChI=1S/C11H14N4O4/c1-2-15(6-9(12)16)11(19)14-8-3-7(10(17)18)4-13-5-8/h3-5H,2,6H2,1H3,(H2,12,16)(H,14,19)(H,17,18). The number of aromatic carboxylic acids is 1. The Morgan fingerprint density at radius 2 is 2.11 bits per heavy atom. The maximum absolute atomic E-state index is 11.8. The van der Waals surface area contributed by atoms with Gasteiger partial charge in [0.25, 0.3) is 0 Å². The van der Waals surface area contributed by atoms with Crippen molar-refractivity contribution in [1.29, 1.82) is 0 Å². The number of nitrogens with zero attached hydrogens (tertiary/aromatic N) is 2. The van der Waals surface area contributed by atoms with Gasteiger partial charge in [-0.1, -0.05) is 0 Å². The van der Waals surface area contributed by atoms with Crippen molar-refractivity contribution >= 4 is 23.6 Å². The maximum atomic E-state index is 11.8. The van der Waals surface area contributed by atoms with E-state index in [0.29, 0.717) is 6.54 Å². The highest BCUT2D eigenvalue weighted by Crippen LogP contribution is 2.09. The average Bonchev–Trinajstić information content (AvgIpc) is 2.35. The predicted molar refractivity (Wildman–Crippen MR) is 66.7 cm³/mol. The molecular weight excluding hydrogens is 252 g/mol. The lowest BCUT2D eigenvalue weighted by Crippen LogP contribution is -2.40. The number of primary amides is 1. The van der Waals surface area contributed by atoms with Crippen LogP contribution in [0.5, 0.6) is 0 Å². The molecule has 19 heavy (non-hydrogen) atoms. The van der Waals surface area contributed by atoms with Gasteiger partial charge in [0.2, 0.25) is 5.91 Å². The largest absolute Gasteiger partial charge is 0.478 e. The maximum Gasteiger partial charge on any atom is 0.337 e. The fraction of sp³-hybridized carbons (Fsp3) is 0.273. The number of anilines is 1. The summed E-state index contributed by atoms with van der Waals surface area (Å²) in [6.45, 7) is 1.77. The zero-order valence-corrected chi connectivity index (χ0v) is 10.3. The number of nitrogens with one attached hydrogen (secondary N) is 1. The molecule has 8 heteroatoms. The number of hydrogen-bond donors (Lipinski definition) is 3. The summed E-state index contributed by atoms with van der Waals surface area (Å²) in [5.74, 6) is -1.78. The van der Waals surface area contributed by atoms with Crippen LogP contribution in [-0.4, -0.2) is 46.0 Å². The first kappa shape index (κ1) is 14.4. The predicted octanol–water partition coefficient (Wildman–Crippen LogP) is 0.119. The summed E-state index contributed by atoms with van der Waals surface area (Å²) >= 11 is 0. The minimum absolute atomic E-state index is 0.0456. The summed E-state index contributed by atoms with van der Waals surface area (Å²) in [6, 6.07) is 0.719. The number of carboxylic acids is 1. The molecule has 4 N–H and O–H groups in total. The van der Waals surface area contributed by atoms with Crippen LogP contribution in [0.2, 0.25) is 0 Å². The van der Waals surface area contributed by atoms with Gasteiger partial charge in [0.15, 0.2) is 0 Å². The van der Waals surface area contributed by atoms with E-state index in [4.69, 9.17) is 10.8 Å². The van der Waals surface area contributed by atoms with Crippen molar-refractivity contribution in [3.8, 4) is 0 Å². The molecule has 8 nitrogen and oxygen atoms in total. The monoisotopic (exact) mass is 266 g/mol. The summed E-state index contributed by atoms with van der Waals surface area (Å²) in [7, 11) is 0. The van der Waals surface area contributed by atoms with Crippen LogP contribution in [0, 0.1) is 0 Å². The lowest BCUT2D eigenvalue weighted by Gasteiger charge is -2.19. The third-order valence-electron chi connectivity index (χ3n) is 2.25. The van der Waals surface area contributed by atoms with E-state index < -0.39 is 17.9 Å². The third kappa shape index (κ3) is 4.26. The van der Waals surface area contributed by atoms with Crippen LogP contribution < -0.4 is 11.1 Å². The summed E-state index contributed by atoms with van der Waals surface area (Å²) in [5.41, 5.74) is 5.20. The Morgan fingerprint density at radius 1 is 1.42 bits per heavy atom. The van der Waals surface area contributed by atoms with E-state index in [2.05, 4.69) is 10.3 Å². The van der Waals surface area contributed by atoms with Gasteiger partial charge in [0.1, 0.15) is 6.54 Å². The van der Waals surface area contributed by atoms with Crippen LogP contribution in [0.1, 0.15) is 17.3 Å². The molecule has 1 heterocycles. The normalized spacial score (nSPS) is 9.74. The molecule has 1 aromatic heterocycles. The van der Waals surface area contributed by atoms with E-state index in [0.717, 1.165) is 0 Å². The number of pyridine rings is 1. The van der Waals surface area contributed by atoms with Gasteiger partial charge in [-0.3, -0.25) is 9.78 Å². The van der Waals surface area contributed by atoms with Gasteiger partial charge in [-0.15, -0.1) is 0 Å². The number of carbonyl (C=O) groups is 3. The number of likely N-dealkylation sites (N-methyl/N-ethyl adjacent to an activating group) is 1. The third-order valence-corrected chi connectivity index (χ3v) is 2.25. The first-order valence-corrected chi connectivity index (χ1v) is 5.46. The van der Waals surface area contributed by atoms with Gasteiger partial charge < -0.3 is 21.1 Å². The molecule has 0 radical (unpaired) electrons. The molecule has 0 aliphatic carbocycles. The number of urea groups is 1. The van der Waals surface area contributed by atoms with Gasteiger partial charge >= 0.3 is 12.0 Å². The minimum atomic E-state index is -1.15. The van der Waals surface area contributed by atoms with Gasteiger partial charge in [-0.05, 0) is 13.0 Å². The Balaban J connectivity index is 2.78. The van der Waals surface area contributed by atoms with E-state index >= 15 is 0 Å². The highest BCUT2D eigenvalue weighted by Gasteiger charge is 2.14. The van der Waals surface area contributed by atoms with E-state index in [1.54, 1.807) is 6.92 Å². The fourth-order valence-corrected chi connectivity index (χ4v) is 1.34. The second kappa shape index (κ2) is 6.34. The van der Waals surface area contributed by atoms with Crippen LogP contribution in [0.3, 0.4) is 0 Å². The molecule has 0 saturated carbocycles.